The van der Waals surface area contributed by atoms with E-state index >= 15 is 0 Å². The Labute approximate surface area is 186 Å². The van der Waals surface area contributed by atoms with Crippen LogP contribution in [0, 0.1) is 6.92 Å². The van der Waals surface area contributed by atoms with Crippen molar-refractivity contribution < 1.29 is 14.6 Å². The number of aryl methyl sites for hydroxylation is 2. The monoisotopic (exact) mass is 440 g/mol. The highest BCUT2D eigenvalue weighted by atomic mass is 32.1. The molecule has 4 rings (SSSR count). The van der Waals surface area contributed by atoms with Crippen molar-refractivity contribution in [2.45, 2.75) is 38.2 Å². The first kappa shape index (κ1) is 21.5. The minimum Gasteiger partial charge on any atom is -0.493 e. The largest absolute Gasteiger partial charge is 0.493 e. The van der Waals surface area contributed by atoms with Gasteiger partial charge in [0.05, 0.1) is 12.3 Å². The van der Waals surface area contributed by atoms with Crippen molar-refractivity contribution in [2.24, 2.45) is 7.05 Å². The summed E-state index contributed by atoms with van der Waals surface area (Å²) in [4.78, 5) is 20.5. The van der Waals surface area contributed by atoms with Crippen LogP contribution < -0.4 is 4.74 Å². The number of carbonyl (C=O) groups is 1. The number of likely N-dealkylation sites (tertiary alicyclic amines) is 1. The van der Waals surface area contributed by atoms with E-state index in [-0.39, 0.29) is 5.91 Å². The maximum absolute atomic E-state index is 12.8. The Balaban J connectivity index is 1.40. The smallest absolute Gasteiger partial charge is 0.272 e. The van der Waals surface area contributed by atoms with Crippen LogP contribution >= 0.6 is 11.3 Å². The molecule has 1 aliphatic rings. The second-order valence-electron chi connectivity index (χ2n) is 7.96. The van der Waals surface area contributed by atoms with E-state index in [1.165, 1.54) is 0 Å². The van der Waals surface area contributed by atoms with Crippen LogP contribution in [0.1, 0.15) is 45.3 Å². The molecule has 7 nitrogen and oxygen atoms in total. The zero-order valence-corrected chi connectivity index (χ0v) is 18.8. The molecule has 1 aliphatic heterocycles. The van der Waals surface area contributed by atoms with Crippen molar-refractivity contribution in [3.8, 4) is 5.75 Å². The highest BCUT2D eigenvalue weighted by Gasteiger charge is 2.36. The lowest BCUT2D eigenvalue weighted by atomic mass is 9.96. The van der Waals surface area contributed by atoms with Crippen LogP contribution in [0.2, 0.25) is 0 Å². The fourth-order valence-corrected chi connectivity index (χ4v) is 5.11. The van der Waals surface area contributed by atoms with Crippen molar-refractivity contribution in [3.05, 3.63) is 63.9 Å². The first-order valence-electron chi connectivity index (χ1n) is 10.6. The molecule has 164 valence electrons. The van der Waals surface area contributed by atoms with E-state index in [0.29, 0.717) is 38.2 Å². The van der Waals surface area contributed by atoms with Crippen LogP contribution in [0.25, 0.3) is 0 Å². The maximum Gasteiger partial charge on any atom is 0.272 e. The molecule has 1 fully saturated rings. The van der Waals surface area contributed by atoms with E-state index in [9.17, 15) is 9.90 Å². The van der Waals surface area contributed by atoms with Crippen molar-refractivity contribution >= 4 is 17.2 Å². The summed E-state index contributed by atoms with van der Waals surface area (Å²) in [6, 6.07) is 11.5. The Hall–Kier alpha value is -2.71. The minimum absolute atomic E-state index is 0.0432. The quantitative estimate of drug-likeness (QED) is 0.636. The Morgan fingerprint density at radius 1 is 1.23 bits per heavy atom. The Morgan fingerprint density at radius 3 is 2.77 bits per heavy atom. The molecule has 1 amide bonds. The third-order valence-electron chi connectivity index (χ3n) is 5.77. The van der Waals surface area contributed by atoms with Gasteiger partial charge in [-0.25, -0.2) is 4.98 Å². The van der Waals surface area contributed by atoms with Crippen molar-refractivity contribution in [3.63, 3.8) is 0 Å². The van der Waals surface area contributed by atoms with Crippen molar-refractivity contribution in [1.29, 1.82) is 0 Å². The second kappa shape index (κ2) is 9.20. The SMILES string of the molecule is Cc1nc([C@@]2(O)CCCN(C(=O)c3ccnn3C)CC2)sc1CCOc1ccccc1. The number of aromatic nitrogens is 3. The number of hydrogen-bond donors (Lipinski definition) is 1. The number of amides is 1. The van der Waals surface area contributed by atoms with Gasteiger partial charge in [0.25, 0.3) is 5.91 Å². The van der Waals surface area contributed by atoms with Crippen LogP contribution in [-0.2, 0) is 19.1 Å². The molecular formula is C23H28N4O3S. The van der Waals surface area contributed by atoms with E-state index in [0.717, 1.165) is 34.2 Å². The summed E-state index contributed by atoms with van der Waals surface area (Å²) < 4.78 is 7.41. The normalized spacial score (nSPS) is 19.3. The van der Waals surface area contributed by atoms with Gasteiger partial charge < -0.3 is 14.7 Å². The molecule has 2 aromatic heterocycles. The van der Waals surface area contributed by atoms with Gasteiger partial charge >= 0.3 is 0 Å². The summed E-state index contributed by atoms with van der Waals surface area (Å²) in [5, 5.41) is 16.2. The number of nitrogens with zero attached hydrogens (tertiary/aromatic N) is 4. The van der Waals surface area contributed by atoms with Gasteiger partial charge in [-0.05, 0) is 38.0 Å². The zero-order chi connectivity index (χ0) is 21.8. The average molecular weight is 441 g/mol. The number of hydrogen-bond acceptors (Lipinski definition) is 6. The third kappa shape index (κ3) is 4.80. The lowest BCUT2D eigenvalue weighted by molar-refractivity contribution is 0.0209. The van der Waals surface area contributed by atoms with Crippen LogP contribution in [0.4, 0.5) is 0 Å². The summed E-state index contributed by atoms with van der Waals surface area (Å²) in [7, 11) is 1.77. The van der Waals surface area contributed by atoms with Gasteiger partial charge in [-0.15, -0.1) is 11.3 Å². The van der Waals surface area contributed by atoms with Gasteiger partial charge in [-0.1, -0.05) is 18.2 Å². The maximum atomic E-state index is 12.8. The highest BCUT2D eigenvalue weighted by molar-refractivity contribution is 7.11. The molecule has 1 atom stereocenters. The topological polar surface area (TPSA) is 80.5 Å². The summed E-state index contributed by atoms with van der Waals surface area (Å²) in [6.07, 6.45) is 4.17. The summed E-state index contributed by atoms with van der Waals surface area (Å²) in [5.74, 6) is 0.809. The summed E-state index contributed by atoms with van der Waals surface area (Å²) >= 11 is 1.56. The van der Waals surface area contributed by atoms with Gasteiger partial charge in [-0.2, -0.15) is 5.10 Å². The van der Waals surface area contributed by atoms with Crippen LogP contribution in [0.15, 0.2) is 42.6 Å². The lowest BCUT2D eigenvalue weighted by Crippen LogP contribution is -2.34. The van der Waals surface area contributed by atoms with E-state index in [4.69, 9.17) is 9.72 Å². The highest BCUT2D eigenvalue weighted by Crippen LogP contribution is 2.37. The van der Waals surface area contributed by atoms with Gasteiger partial charge in [-0.3, -0.25) is 9.48 Å². The predicted octanol–water partition coefficient (Wildman–Crippen LogP) is 3.32. The Bertz CT molecular complexity index is 1030. The van der Waals surface area contributed by atoms with Crippen molar-refractivity contribution in [2.75, 3.05) is 19.7 Å². The van der Waals surface area contributed by atoms with E-state index in [1.54, 1.807) is 35.3 Å². The molecule has 31 heavy (non-hydrogen) atoms. The number of aliphatic hydroxyl groups is 1. The summed E-state index contributed by atoms with van der Waals surface area (Å²) in [6.45, 7) is 3.66. The zero-order valence-electron chi connectivity index (χ0n) is 18.0. The Kier molecular flexibility index (Phi) is 6.38. The second-order valence-corrected chi connectivity index (χ2v) is 9.04. The number of carbonyl (C=O) groups excluding carboxylic acids is 1. The lowest BCUT2D eigenvalue weighted by Gasteiger charge is -2.24. The standard InChI is InChI=1S/C23H28N4O3S/c1-17-20(10-16-30-18-7-4-3-5-8-18)31-22(25-17)23(29)11-6-14-27(15-12-23)21(28)19-9-13-24-26(19)2/h3-5,7-9,13,29H,6,10-12,14-16H2,1-2H3/t23-/m1/s1. The molecule has 0 saturated carbocycles. The van der Waals surface area contributed by atoms with Crippen LogP contribution in [-0.4, -0.2) is 50.4 Å². The molecule has 1 aromatic carbocycles. The van der Waals surface area contributed by atoms with Crippen LogP contribution in [0.5, 0.6) is 5.75 Å². The predicted molar refractivity (Wildman–Crippen MR) is 119 cm³/mol. The van der Waals surface area contributed by atoms with E-state index < -0.39 is 5.60 Å². The fraction of sp³-hybridized carbons (Fsp3) is 0.435. The first-order chi connectivity index (χ1) is 15.0. The molecular weight excluding hydrogens is 412 g/mol. The van der Waals surface area contributed by atoms with Gasteiger partial charge in [0.2, 0.25) is 0 Å². The van der Waals surface area contributed by atoms with E-state index in [1.807, 2.05) is 42.2 Å². The third-order valence-corrected chi connectivity index (χ3v) is 7.18. The average Bonchev–Trinajstić information content (AvgIpc) is 3.30. The molecule has 0 bridgehead atoms. The van der Waals surface area contributed by atoms with Gasteiger partial charge in [0, 0.05) is 44.1 Å². The molecule has 3 aromatic rings. The van der Waals surface area contributed by atoms with Gasteiger partial charge in [0.15, 0.2) is 0 Å². The number of rotatable bonds is 6. The number of ether oxygens (including phenoxy) is 1. The Morgan fingerprint density at radius 2 is 2.03 bits per heavy atom. The molecule has 1 saturated heterocycles. The molecule has 1 N–H and O–H groups in total. The molecule has 0 spiro atoms. The van der Waals surface area contributed by atoms with Gasteiger partial charge in [0.1, 0.15) is 22.1 Å². The minimum atomic E-state index is -1.00. The molecule has 8 heteroatoms. The summed E-state index contributed by atoms with van der Waals surface area (Å²) in [5.41, 5.74) is 0.503. The number of para-hydroxylation sites is 1. The number of benzene rings is 1. The fourth-order valence-electron chi connectivity index (χ4n) is 3.92. The molecule has 0 unspecified atom stereocenters. The van der Waals surface area contributed by atoms with Crippen molar-refractivity contribution in [1.82, 2.24) is 19.7 Å². The molecule has 0 radical (unpaired) electrons. The van der Waals surface area contributed by atoms with Crippen LogP contribution in [0.3, 0.4) is 0 Å². The molecule has 0 aliphatic carbocycles. The molecule has 3 heterocycles. The van der Waals surface area contributed by atoms with E-state index in [2.05, 4.69) is 5.10 Å². The first-order valence-corrected chi connectivity index (χ1v) is 11.4. The number of thiazole rings is 1.